The van der Waals surface area contributed by atoms with Crippen molar-refractivity contribution in [2.45, 2.75) is 31.6 Å². The Morgan fingerprint density at radius 2 is 1.64 bits per heavy atom. The van der Waals surface area contributed by atoms with Crippen LogP contribution in [-0.2, 0) is 10.1 Å². The van der Waals surface area contributed by atoms with Crippen molar-refractivity contribution >= 4 is 10.1 Å². The molecule has 0 fully saturated rings. The average Bonchev–Trinajstić information content (AvgIpc) is 2.62. The van der Waals surface area contributed by atoms with Gasteiger partial charge in [0.1, 0.15) is 4.90 Å². The molecule has 0 unspecified atom stereocenters. The molecule has 0 spiro atoms. The molecule has 0 aliphatic heterocycles. The monoisotopic (exact) mass is 318 g/mol. The lowest BCUT2D eigenvalue weighted by molar-refractivity contribution is 0.484. The second-order valence-corrected chi connectivity index (χ2v) is 6.95. The summed E-state index contributed by atoms with van der Waals surface area (Å²) in [6.45, 7) is 5.77. The molecule has 0 bridgehead atoms. The molecule has 2 aromatic rings. The summed E-state index contributed by atoms with van der Waals surface area (Å²) in [6.07, 6.45) is 0. The first kappa shape index (κ1) is 16.2. The summed E-state index contributed by atoms with van der Waals surface area (Å²) in [6, 6.07) is 12.4. The van der Waals surface area contributed by atoms with Gasteiger partial charge in [0.15, 0.2) is 5.75 Å². The summed E-state index contributed by atoms with van der Waals surface area (Å²) in [7, 11) is -4.02. The Bertz CT molecular complexity index is 822. The average molecular weight is 318 g/mol. The molecule has 2 rings (SSSR count). The van der Waals surface area contributed by atoms with Crippen LogP contribution in [0.2, 0.25) is 0 Å². The highest BCUT2D eigenvalue weighted by Crippen LogP contribution is 2.17. The van der Waals surface area contributed by atoms with Gasteiger partial charge in [-0.25, -0.2) is 0 Å². The van der Waals surface area contributed by atoms with Crippen LogP contribution in [0.4, 0.5) is 0 Å². The lowest BCUT2D eigenvalue weighted by Crippen LogP contribution is -2.14. The SMILES string of the molecule is Cc1ccc(S(=O)(=O)Oc2cccc(C(C)C)cc2=O)cc1. The van der Waals surface area contributed by atoms with E-state index in [1.54, 1.807) is 24.3 Å². The van der Waals surface area contributed by atoms with Gasteiger partial charge in [0, 0.05) is 0 Å². The van der Waals surface area contributed by atoms with Crippen molar-refractivity contribution in [3.05, 3.63) is 69.9 Å². The predicted molar refractivity (Wildman–Crippen MR) is 85.8 cm³/mol. The van der Waals surface area contributed by atoms with E-state index in [9.17, 15) is 13.2 Å². The second kappa shape index (κ2) is 6.32. The van der Waals surface area contributed by atoms with Crippen molar-refractivity contribution in [3.63, 3.8) is 0 Å². The van der Waals surface area contributed by atoms with Gasteiger partial charge in [-0.15, -0.1) is 0 Å². The van der Waals surface area contributed by atoms with Crippen molar-refractivity contribution in [1.29, 1.82) is 0 Å². The third kappa shape index (κ3) is 3.74. The molecule has 4 nitrogen and oxygen atoms in total. The minimum absolute atomic E-state index is 0.0214. The van der Waals surface area contributed by atoms with E-state index in [1.165, 1.54) is 24.3 Å². The predicted octanol–water partition coefficient (Wildman–Crippen LogP) is 3.25. The van der Waals surface area contributed by atoms with E-state index >= 15 is 0 Å². The van der Waals surface area contributed by atoms with Crippen LogP contribution in [0.15, 0.2) is 58.2 Å². The van der Waals surface area contributed by atoms with Crippen molar-refractivity contribution in [1.82, 2.24) is 0 Å². The van der Waals surface area contributed by atoms with E-state index in [0.29, 0.717) is 0 Å². The van der Waals surface area contributed by atoms with Gasteiger partial charge in [-0.1, -0.05) is 43.7 Å². The maximum absolute atomic E-state index is 12.2. The number of rotatable bonds is 4. The number of hydrogen-bond donors (Lipinski definition) is 0. The molecule has 2 aromatic carbocycles. The molecule has 0 amide bonds. The molecule has 116 valence electrons. The summed E-state index contributed by atoms with van der Waals surface area (Å²) in [4.78, 5) is 12.1. The second-order valence-electron chi connectivity index (χ2n) is 5.40. The molecule has 0 atom stereocenters. The topological polar surface area (TPSA) is 60.4 Å². The molecule has 0 radical (unpaired) electrons. The maximum atomic E-state index is 12.2. The van der Waals surface area contributed by atoms with Crippen LogP contribution < -0.4 is 9.61 Å². The van der Waals surface area contributed by atoms with Crippen LogP contribution in [0.3, 0.4) is 0 Å². The molecule has 0 saturated heterocycles. The first-order valence-electron chi connectivity index (χ1n) is 6.95. The van der Waals surface area contributed by atoms with Crippen molar-refractivity contribution < 1.29 is 12.6 Å². The van der Waals surface area contributed by atoms with Crippen LogP contribution in [-0.4, -0.2) is 8.42 Å². The number of aryl methyl sites for hydroxylation is 1. The molecule has 0 heterocycles. The molecule has 0 N–H and O–H groups in total. The lowest BCUT2D eigenvalue weighted by atomic mass is 10.1. The van der Waals surface area contributed by atoms with Gasteiger partial charge in [-0.2, -0.15) is 8.42 Å². The number of benzene rings is 1. The Balaban J connectivity index is 2.40. The Hall–Kier alpha value is -2.14. The first-order valence-corrected chi connectivity index (χ1v) is 8.36. The van der Waals surface area contributed by atoms with Crippen LogP contribution in [0.5, 0.6) is 5.75 Å². The summed E-state index contributed by atoms with van der Waals surface area (Å²) >= 11 is 0. The molecular weight excluding hydrogens is 300 g/mol. The Morgan fingerprint density at radius 3 is 2.23 bits per heavy atom. The van der Waals surface area contributed by atoms with Crippen molar-refractivity contribution in [3.8, 4) is 5.75 Å². The van der Waals surface area contributed by atoms with E-state index in [1.807, 2.05) is 20.8 Å². The van der Waals surface area contributed by atoms with Gasteiger partial charge in [0.05, 0.1) is 0 Å². The van der Waals surface area contributed by atoms with Gasteiger partial charge >= 0.3 is 10.1 Å². The normalized spacial score (nSPS) is 11.5. The Morgan fingerprint density at radius 1 is 1.00 bits per heavy atom. The third-order valence-corrected chi connectivity index (χ3v) is 4.50. The third-order valence-electron chi connectivity index (χ3n) is 3.25. The zero-order valence-electron chi connectivity index (χ0n) is 12.7. The highest BCUT2D eigenvalue weighted by atomic mass is 32.2. The van der Waals surface area contributed by atoms with E-state index < -0.39 is 15.5 Å². The van der Waals surface area contributed by atoms with Crippen LogP contribution in [0, 0.1) is 6.92 Å². The van der Waals surface area contributed by atoms with Crippen molar-refractivity contribution in [2.24, 2.45) is 0 Å². The standard InChI is InChI=1S/C17H18O4S/c1-12(2)14-5-4-6-17(16(18)11-14)21-22(19,20)15-9-7-13(3)8-10-15/h4-12H,1-3H3. The van der Waals surface area contributed by atoms with E-state index in [0.717, 1.165) is 11.1 Å². The lowest BCUT2D eigenvalue weighted by Gasteiger charge is -2.05. The fourth-order valence-corrected chi connectivity index (χ4v) is 2.84. The van der Waals surface area contributed by atoms with E-state index in [4.69, 9.17) is 4.18 Å². The quantitative estimate of drug-likeness (QED) is 0.812. The zero-order chi connectivity index (χ0) is 16.3. The fourth-order valence-electron chi connectivity index (χ4n) is 1.90. The first-order chi connectivity index (χ1) is 10.3. The molecule has 0 saturated carbocycles. The van der Waals surface area contributed by atoms with Crippen LogP contribution >= 0.6 is 0 Å². The van der Waals surface area contributed by atoms with E-state index in [2.05, 4.69) is 0 Å². The molecule has 22 heavy (non-hydrogen) atoms. The summed E-state index contributed by atoms with van der Waals surface area (Å²) < 4.78 is 29.5. The highest BCUT2D eigenvalue weighted by molar-refractivity contribution is 7.87. The maximum Gasteiger partial charge on any atom is 0.339 e. The zero-order valence-corrected chi connectivity index (χ0v) is 13.6. The van der Waals surface area contributed by atoms with Crippen molar-refractivity contribution in [2.75, 3.05) is 0 Å². The van der Waals surface area contributed by atoms with Gasteiger partial charge in [0.2, 0.25) is 5.43 Å². The minimum Gasteiger partial charge on any atom is -0.375 e. The Labute approximate surface area is 130 Å². The Kier molecular flexibility index (Phi) is 4.66. The highest BCUT2D eigenvalue weighted by Gasteiger charge is 2.17. The summed E-state index contributed by atoms with van der Waals surface area (Å²) in [5, 5.41) is 0. The van der Waals surface area contributed by atoms with Crippen LogP contribution in [0.1, 0.15) is 30.9 Å². The minimum atomic E-state index is -4.02. The van der Waals surface area contributed by atoms with Crippen LogP contribution in [0.25, 0.3) is 0 Å². The van der Waals surface area contributed by atoms with Gasteiger partial charge < -0.3 is 4.18 Å². The molecule has 5 heteroatoms. The summed E-state index contributed by atoms with van der Waals surface area (Å²) in [5.41, 5.74) is 1.31. The largest absolute Gasteiger partial charge is 0.375 e. The smallest absolute Gasteiger partial charge is 0.339 e. The number of hydrogen-bond acceptors (Lipinski definition) is 4. The van der Waals surface area contributed by atoms with E-state index in [-0.39, 0.29) is 16.6 Å². The fraction of sp³-hybridized carbons (Fsp3) is 0.235. The molecule has 0 aromatic heterocycles. The molecule has 0 aliphatic carbocycles. The van der Waals surface area contributed by atoms with Gasteiger partial charge in [-0.05, 0) is 42.7 Å². The summed E-state index contributed by atoms with van der Waals surface area (Å²) in [5.74, 6) is -0.0332. The van der Waals surface area contributed by atoms with Gasteiger partial charge in [-0.3, -0.25) is 4.79 Å². The molecular formula is C17H18O4S. The molecule has 0 aliphatic rings. The van der Waals surface area contributed by atoms with Gasteiger partial charge in [0.25, 0.3) is 0 Å².